The Morgan fingerprint density at radius 3 is 2.83 bits per heavy atom. The molecule has 0 radical (unpaired) electrons. The number of thiazole rings is 1. The molecule has 8 heteroatoms. The van der Waals surface area contributed by atoms with E-state index < -0.39 is 23.4 Å². The van der Waals surface area contributed by atoms with Crippen molar-refractivity contribution in [1.29, 1.82) is 0 Å². The summed E-state index contributed by atoms with van der Waals surface area (Å²) in [5.74, 6) is 0.732. The first-order valence-corrected chi connectivity index (χ1v) is 17.2. The molecule has 9 atom stereocenters. The highest BCUT2D eigenvalue weighted by atomic mass is 32.2. The summed E-state index contributed by atoms with van der Waals surface area (Å²) in [5, 5.41) is 14.0. The van der Waals surface area contributed by atoms with Crippen LogP contribution in [-0.4, -0.2) is 51.5 Å². The predicted octanol–water partition coefficient (Wildman–Crippen LogP) is 6.64. The summed E-state index contributed by atoms with van der Waals surface area (Å²) in [6.45, 7) is 6.47. The van der Waals surface area contributed by atoms with Crippen molar-refractivity contribution in [3.05, 3.63) is 59.5 Å². The zero-order valence-electron chi connectivity index (χ0n) is 24.5. The lowest BCUT2D eigenvalue weighted by molar-refractivity contribution is -0.197. The number of carbonyl (C=O) groups is 2. The molecule has 2 aromatic rings. The second-order valence-corrected chi connectivity index (χ2v) is 15.3. The Bertz CT molecular complexity index is 1450. The summed E-state index contributed by atoms with van der Waals surface area (Å²) < 4.78 is 14.2. The van der Waals surface area contributed by atoms with Crippen LogP contribution in [-0.2, 0) is 19.1 Å². The maximum absolute atomic E-state index is 14.5. The molecule has 5 unspecified atom stereocenters. The first-order chi connectivity index (χ1) is 20.2. The topological polar surface area (TPSA) is 85.7 Å². The van der Waals surface area contributed by atoms with E-state index in [9.17, 15) is 14.7 Å². The monoisotopic (exact) mass is 605 g/mol. The van der Waals surface area contributed by atoms with E-state index in [2.05, 4.69) is 20.8 Å². The highest BCUT2D eigenvalue weighted by molar-refractivity contribution is 8.01. The van der Waals surface area contributed by atoms with Crippen molar-refractivity contribution in [3.8, 4) is 11.3 Å². The molecule has 3 saturated carbocycles. The minimum Gasteiger partial charge on any atom is -0.393 e. The van der Waals surface area contributed by atoms with Gasteiger partial charge in [-0.25, -0.2) is 4.98 Å². The number of fused-ring (bicyclic) bond motifs is 7. The molecule has 4 aliphatic carbocycles. The van der Waals surface area contributed by atoms with Crippen molar-refractivity contribution < 1.29 is 24.2 Å². The van der Waals surface area contributed by atoms with Gasteiger partial charge in [-0.05, 0) is 56.1 Å². The molecule has 2 heterocycles. The number of ether oxygens (including phenoxy) is 2. The van der Waals surface area contributed by atoms with Crippen molar-refractivity contribution in [3.63, 3.8) is 0 Å². The lowest BCUT2D eigenvalue weighted by atomic mass is 9.46. The van der Waals surface area contributed by atoms with Gasteiger partial charge in [-0.15, -0.1) is 11.3 Å². The molecule has 0 amide bonds. The van der Waals surface area contributed by atoms with E-state index in [1.165, 1.54) is 11.8 Å². The van der Waals surface area contributed by atoms with Gasteiger partial charge in [-0.1, -0.05) is 80.9 Å². The van der Waals surface area contributed by atoms with E-state index in [1.54, 1.807) is 23.5 Å². The number of aliphatic hydroxyl groups excluding tert-OH is 1. The SMILES string of the molecule is CCC[C@@H]1O[C@H]2CC3C4CCC5=CC(=O)C=CC5(C)C4[C@@H](O)CC3(C)[C@]2(C(=O)CSc2nc(-c3ccccc3)cs2)O1. The zero-order valence-corrected chi connectivity index (χ0v) is 26.1. The molecular weight excluding hydrogens is 567 g/mol. The fourth-order valence-electron chi connectivity index (χ4n) is 9.31. The number of Topliss-reactive ketones (excluding diaryl/α,β-unsaturated/α-hetero) is 1. The fourth-order valence-corrected chi connectivity index (χ4v) is 11.1. The van der Waals surface area contributed by atoms with E-state index in [4.69, 9.17) is 14.5 Å². The van der Waals surface area contributed by atoms with Crippen LogP contribution >= 0.6 is 23.1 Å². The van der Waals surface area contributed by atoms with Crippen LogP contribution in [0.1, 0.15) is 59.3 Å². The molecule has 5 aliphatic rings. The molecule has 1 saturated heterocycles. The molecule has 4 fully saturated rings. The average molecular weight is 606 g/mol. The number of nitrogens with zero attached hydrogens (tertiary/aromatic N) is 1. The third-order valence-corrected chi connectivity index (χ3v) is 13.1. The summed E-state index contributed by atoms with van der Waals surface area (Å²) in [6.07, 6.45) is 8.76. The van der Waals surface area contributed by atoms with Gasteiger partial charge < -0.3 is 14.6 Å². The fraction of sp³-hybridized carbons (Fsp3) is 0.559. The van der Waals surface area contributed by atoms with Gasteiger partial charge in [0, 0.05) is 27.7 Å². The number of allylic oxidation sites excluding steroid dienone is 4. The molecule has 6 nitrogen and oxygen atoms in total. The molecule has 0 bridgehead atoms. The van der Waals surface area contributed by atoms with Gasteiger partial charge in [-0.2, -0.15) is 0 Å². The zero-order chi connectivity index (χ0) is 29.3. The number of aliphatic hydroxyl groups is 1. The number of benzene rings is 1. The van der Waals surface area contributed by atoms with E-state index in [0.717, 1.165) is 53.3 Å². The minimum absolute atomic E-state index is 0.00144. The molecule has 1 aliphatic heterocycles. The van der Waals surface area contributed by atoms with Crippen LogP contribution in [0.25, 0.3) is 11.3 Å². The Hall–Kier alpha value is -2.10. The van der Waals surface area contributed by atoms with Gasteiger partial charge in [0.25, 0.3) is 0 Å². The van der Waals surface area contributed by atoms with Crippen LogP contribution in [0.15, 0.2) is 63.9 Å². The second kappa shape index (κ2) is 10.5. The molecule has 1 aromatic carbocycles. The van der Waals surface area contributed by atoms with E-state index >= 15 is 0 Å². The number of thioether (sulfide) groups is 1. The normalized spacial score (nSPS) is 40.2. The highest BCUT2D eigenvalue weighted by Crippen LogP contribution is 2.69. The molecule has 7 rings (SSSR count). The molecule has 1 aromatic heterocycles. The smallest absolute Gasteiger partial charge is 0.178 e. The molecular formula is C34H39NO5S2. The molecule has 0 spiro atoms. The third kappa shape index (κ3) is 4.20. The van der Waals surface area contributed by atoms with Crippen LogP contribution < -0.4 is 0 Å². The number of aromatic nitrogens is 1. The number of ketones is 2. The maximum atomic E-state index is 14.5. The summed E-state index contributed by atoms with van der Waals surface area (Å²) in [7, 11) is 0. The van der Waals surface area contributed by atoms with Crippen molar-refractivity contribution >= 4 is 34.7 Å². The Morgan fingerprint density at radius 2 is 2.05 bits per heavy atom. The number of carbonyl (C=O) groups excluding carboxylic acids is 2. The second-order valence-electron chi connectivity index (χ2n) is 13.2. The number of hydrogen-bond donors (Lipinski definition) is 1. The van der Waals surface area contributed by atoms with E-state index in [1.807, 2.05) is 41.8 Å². The van der Waals surface area contributed by atoms with Crippen LogP contribution in [0.4, 0.5) is 0 Å². The van der Waals surface area contributed by atoms with Gasteiger partial charge in [0.05, 0.1) is 23.7 Å². The Balaban J connectivity index is 1.18. The van der Waals surface area contributed by atoms with Gasteiger partial charge in [0.15, 0.2) is 27.8 Å². The largest absolute Gasteiger partial charge is 0.393 e. The van der Waals surface area contributed by atoms with Crippen molar-refractivity contribution in [2.24, 2.45) is 28.6 Å². The summed E-state index contributed by atoms with van der Waals surface area (Å²) in [6, 6.07) is 10.1. The molecule has 1 N–H and O–H groups in total. The van der Waals surface area contributed by atoms with Crippen molar-refractivity contribution in [2.45, 2.75) is 87.7 Å². The Labute approximate surface area is 256 Å². The maximum Gasteiger partial charge on any atom is 0.178 e. The lowest BCUT2D eigenvalue weighted by Gasteiger charge is -2.59. The lowest BCUT2D eigenvalue weighted by Crippen LogP contribution is -2.63. The average Bonchev–Trinajstić information content (AvgIpc) is 3.65. The van der Waals surface area contributed by atoms with Crippen LogP contribution in [0.2, 0.25) is 0 Å². The van der Waals surface area contributed by atoms with Crippen LogP contribution in [0, 0.1) is 28.6 Å². The number of rotatable bonds is 7. The molecule has 42 heavy (non-hydrogen) atoms. The quantitative estimate of drug-likeness (QED) is 0.354. The van der Waals surface area contributed by atoms with E-state index in [0.29, 0.717) is 6.42 Å². The number of hydrogen-bond acceptors (Lipinski definition) is 8. The van der Waals surface area contributed by atoms with E-state index in [-0.39, 0.29) is 46.6 Å². The summed E-state index contributed by atoms with van der Waals surface area (Å²) in [4.78, 5) is 31.5. The summed E-state index contributed by atoms with van der Waals surface area (Å²) >= 11 is 3.04. The van der Waals surface area contributed by atoms with Gasteiger partial charge in [-0.3, -0.25) is 9.59 Å². The highest BCUT2D eigenvalue weighted by Gasteiger charge is 2.75. The summed E-state index contributed by atoms with van der Waals surface area (Å²) in [5.41, 5.74) is 1.12. The van der Waals surface area contributed by atoms with Gasteiger partial charge in [0.2, 0.25) is 0 Å². The first kappa shape index (κ1) is 28.7. The van der Waals surface area contributed by atoms with Crippen molar-refractivity contribution in [1.82, 2.24) is 4.98 Å². The van der Waals surface area contributed by atoms with Crippen LogP contribution in [0.5, 0.6) is 0 Å². The Kier molecular flexibility index (Phi) is 7.17. The first-order valence-electron chi connectivity index (χ1n) is 15.3. The molecule has 222 valence electrons. The third-order valence-electron chi connectivity index (χ3n) is 11.1. The Morgan fingerprint density at radius 1 is 1.24 bits per heavy atom. The minimum atomic E-state index is -1.09. The van der Waals surface area contributed by atoms with Gasteiger partial charge >= 0.3 is 0 Å². The predicted molar refractivity (Wildman–Crippen MR) is 164 cm³/mol. The van der Waals surface area contributed by atoms with Gasteiger partial charge in [0.1, 0.15) is 0 Å². The standard InChI is InChI=1S/C34H39NO5S2/c1-4-8-29-39-28-16-24-23-12-11-21-15-22(36)13-14-32(21,2)30(23)26(37)17-33(24,3)34(28,40-29)27(38)19-42-31-35-25(18-41-31)20-9-6-5-7-10-20/h5-7,9-10,13-15,18,23-24,26,28-30,37H,4,8,11-12,16-17,19H2,1-3H3/t23?,24?,26-,28-,29+,30?,32?,33?,34+/m0/s1. The van der Waals surface area contributed by atoms with Crippen LogP contribution in [0.3, 0.4) is 0 Å². The van der Waals surface area contributed by atoms with Crippen molar-refractivity contribution in [2.75, 3.05) is 5.75 Å².